The Balaban J connectivity index is 0.00000166. The molecule has 1 nitrogen and oxygen atoms in total. The van der Waals surface area contributed by atoms with Crippen molar-refractivity contribution in [2.45, 2.75) is 69.2 Å². The summed E-state index contributed by atoms with van der Waals surface area (Å²) in [7, 11) is 0. The molecule has 4 aromatic rings. The second-order valence-corrected chi connectivity index (χ2v) is 7.60. The summed E-state index contributed by atoms with van der Waals surface area (Å²) < 4.78 is 0. The minimum atomic E-state index is 1.14. The molecule has 0 aromatic heterocycles. The molecular weight excluding hydrogens is 470 g/mol. The summed E-state index contributed by atoms with van der Waals surface area (Å²) in [5.41, 5.74) is 8.30. The highest BCUT2D eigenvalue weighted by Gasteiger charge is 2.11. The Morgan fingerprint density at radius 1 is 0.410 bits per heavy atom. The van der Waals surface area contributed by atoms with Gasteiger partial charge in [-0.25, -0.2) is 0 Å². The first kappa shape index (κ1) is 35.2. The number of aryl methyl sites for hydroxylation is 1. The molecule has 0 saturated carbocycles. The SMILES string of the molecule is CC.CC.CC.CC.CC=Cc1ccc(C=Cc2ccc(N(c3ccccc3)c3ccc(C)cc3)cc2)cc1. The average Bonchev–Trinajstić information content (AvgIpc) is 3.03. The number of para-hydroxylation sites is 1. The van der Waals surface area contributed by atoms with Crippen LogP contribution in [0.15, 0.2) is 109 Å². The van der Waals surface area contributed by atoms with Crippen LogP contribution >= 0.6 is 0 Å². The highest BCUT2D eigenvalue weighted by molar-refractivity contribution is 5.78. The molecule has 1 heteroatoms. The topological polar surface area (TPSA) is 3.24 Å². The fourth-order valence-electron chi connectivity index (χ4n) is 3.56. The van der Waals surface area contributed by atoms with Gasteiger partial charge in [-0.2, -0.15) is 0 Å². The number of benzene rings is 4. The number of nitrogens with zero attached hydrogens (tertiary/aromatic N) is 1. The van der Waals surface area contributed by atoms with Crippen LogP contribution in [0.1, 0.15) is 84.6 Å². The molecule has 0 N–H and O–H groups in total. The molecule has 0 bridgehead atoms. The van der Waals surface area contributed by atoms with Crippen molar-refractivity contribution in [2.24, 2.45) is 0 Å². The first-order chi connectivity index (χ1) is 19.2. The summed E-state index contributed by atoms with van der Waals surface area (Å²) >= 11 is 0. The van der Waals surface area contributed by atoms with Crippen LogP contribution in [0.25, 0.3) is 18.2 Å². The van der Waals surface area contributed by atoms with Crippen molar-refractivity contribution in [2.75, 3.05) is 4.90 Å². The second-order valence-electron chi connectivity index (χ2n) is 7.60. The first-order valence-corrected chi connectivity index (χ1v) is 14.7. The van der Waals surface area contributed by atoms with Gasteiger partial charge in [0.15, 0.2) is 0 Å². The maximum atomic E-state index is 2.28. The fourth-order valence-corrected chi connectivity index (χ4v) is 3.56. The van der Waals surface area contributed by atoms with Gasteiger partial charge in [0.05, 0.1) is 0 Å². The van der Waals surface area contributed by atoms with Gasteiger partial charge < -0.3 is 4.90 Å². The van der Waals surface area contributed by atoms with E-state index in [-0.39, 0.29) is 0 Å². The first-order valence-electron chi connectivity index (χ1n) is 14.7. The zero-order valence-corrected chi connectivity index (χ0v) is 26.1. The third kappa shape index (κ3) is 12.0. The predicted octanol–water partition coefficient (Wildman–Crippen LogP) is 12.8. The summed E-state index contributed by atoms with van der Waals surface area (Å²) in [6.07, 6.45) is 8.48. The minimum Gasteiger partial charge on any atom is -0.311 e. The lowest BCUT2D eigenvalue weighted by atomic mass is 10.1. The van der Waals surface area contributed by atoms with Crippen LogP contribution in [0, 0.1) is 6.92 Å². The van der Waals surface area contributed by atoms with Gasteiger partial charge in [-0.05, 0) is 66.9 Å². The monoisotopic (exact) mass is 521 g/mol. The Hall–Kier alpha value is -3.84. The van der Waals surface area contributed by atoms with Crippen molar-refractivity contribution in [3.8, 4) is 0 Å². The van der Waals surface area contributed by atoms with Gasteiger partial charge in [0.25, 0.3) is 0 Å². The highest BCUT2D eigenvalue weighted by Crippen LogP contribution is 2.34. The van der Waals surface area contributed by atoms with E-state index < -0.39 is 0 Å². The van der Waals surface area contributed by atoms with Gasteiger partial charge in [0.2, 0.25) is 0 Å². The fraction of sp³-hybridized carbons (Fsp3) is 0.263. The molecule has 208 valence electrons. The number of anilines is 3. The van der Waals surface area contributed by atoms with E-state index in [2.05, 4.69) is 139 Å². The molecular formula is C38H51N. The van der Waals surface area contributed by atoms with Crippen molar-refractivity contribution >= 4 is 35.3 Å². The summed E-state index contributed by atoms with van der Waals surface area (Å²) in [5.74, 6) is 0. The number of hydrogen-bond acceptors (Lipinski definition) is 1. The van der Waals surface area contributed by atoms with Crippen LogP contribution in [0.5, 0.6) is 0 Å². The number of rotatable bonds is 6. The maximum Gasteiger partial charge on any atom is 0.0462 e. The molecule has 0 aliphatic carbocycles. The molecule has 0 aliphatic rings. The van der Waals surface area contributed by atoms with Crippen molar-refractivity contribution in [1.82, 2.24) is 0 Å². The third-order valence-electron chi connectivity index (χ3n) is 5.22. The van der Waals surface area contributed by atoms with Gasteiger partial charge in [0.1, 0.15) is 0 Å². The van der Waals surface area contributed by atoms with E-state index in [9.17, 15) is 0 Å². The molecule has 0 fully saturated rings. The van der Waals surface area contributed by atoms with Crippen molar-refractivity contribution < 1.29 is 0 Å². The van der Waals surface area contributed by atoms with E-state index in [1.165, 1.54) is 22.3 Å². The Bertz CT molecular complexity index is 1150. The van der Waals surface area contributed by atoms with Crippen LogP contribution in [-0.2, 0) is 0 Å². The molecule has 0 heterocycles. The summed E-state index contributed by atoms with van der Waals surface area (Å²) in [6.45, 7) is 20.2. The summed E-state index contributed by atoms with van der Waals surface area (Å²) in [4.78, 5) is 2.28. The Kier molecular flexibility index (Phi) is 20.0. The third-order valence-corrected chi connectivity index (χ3v) is 5.22. The number of hydrogen-bond donors (Lipinski definition) is 0. The average molecular weight is 522 g/mol. The van der Waals surface area contributed by atoms with E-state index in [1.807, 2.05) is 62.3 Å². The zero-order valence-electron chi connectivity index (χ0n) is 26.1. The lowest BCUT2D eigenvalue weighted by Gasteiger charge is -2.25. The van der Waals surface area contributed by atoms with E-state index >= 15 is 0 Å². The quantitative estimate of drug-likeness (QED) is 0.228. The van der Waals surface area contributed by atoms with Crippen molar-refractivity contribution in [1.29, 1.82) is 0 Å². The van der Waals surface area contributed by atoms with E-state index in [0.29, 0.717) is 0 Å². The molecule has 0 amide bonds. The summed E-state index contributed by atoms with van der Waals surface area (Å²) in [5, 5.41) is 0. The second kappa shape index (κ2) is 22.2. The Labute approximate surface area is 240 Å². The standard InChI is InChI=1S/C30H27N.4C2H6/c1-3-7-25-12-14-26(15-13-25)16-17-27-18-22-30(23-19-27)31(28-8-5-4-6-9-28)29-20-10-24(2)11-21-29;4*1-2/h3-23H,1-2H3;4*1-2H3. The van der Waals surface area contributed by atoms with Crippen molar-refractivity contribution in [3.63, 3.8) is 0 Å². The van der Waals surface area contributed by atoms with Crippen molar-refractivity contribution in [3.05, 3.63) is 131 Å². The van der Waals surface area contributed by atoms with Gasteiger partial charge >= 0.3 is 0 Å². The Morgan fingerprint density at radius 2 is 0.744 bits per heavy atom. The zero-order chi connectivity index (χ0) is 29.5. The lowest BCUT2D eigenvalue weighted by Crippen LogP contribution is -2.09. The molecule has 4 aromatic carbocycles. The Morgan fingerprint density at radius 3 is 1.15 bits per heavy atom. The molecule has 0 atom stereocenters. The van der Waals surface area contributed by atoms with E-state index in [4.69, 9.17) is 0 Å². The van der Waals surface area contributed by atoms with Gasteiger partial charge in [-0.3, -0.25) is 0 Å². The van der Waals surface area contributed by atoms with Gasteiger partial charge in [-0.15, -0.1) is 0 Å². The molecule has 0 aliphatic heterocycles. The lowest BCUT2D eigenvalue weighted by molar-refractivity contribution is 1.27. The van der Waals surface area contributed by atoms with E-state index in [1.54, 1.807) is 0 Å². The van der Waals surface area contributed by atoms with Crippen LogP contribution in [0.4, 0.5) is 17.1 Å². The highest BCUT2D eigenvalue weighted by atomic mass is 15.1. The van der Waals surface area contributed by atoms with Gasteiger partial charge in [0, 0.05) is 17.1 Å². The minimum absolute atomic E-state index is 1.14. The summed E-state index contributed by atoms with van der Waals surface area (Å²) in [6, 6.07) is 36.4. The smallest absolute Gasteiger partial charge is 0.0462 e. The number of allylic oxidation sites excluding steroid dienone is 1. The molecule has 39 heavy (non-hydrogen) atoms. The molecule has 0 spiro atoms. The molecule has 0 saturated heterocycles. The predicted molar refractivity (Wildman–Crippen MR) is 181 cm³/mol. The largest absolute Gasteiger partial charge is 0.311 e. The van der Waals surface area contributed by atoms with Crippen LogP contribution in [-0.4, -0.2) is 0 Å². The van der Waals surface area contributed by atoms with Crippen LogP contribution in [0.2, 0.25) is 0 Å². The van der Waals surface area contributed by atoms with Crippen LogP contribution < -0.4 is 4.90 Å². The van der Waals surface area contributed by atoms with E-state index in [0.717, 1.165) is 17.1 Å². The molecule has 4 rings (SSSR count). The maximum absolute atomic E-state index is 2.28. The van der Waals surface area contributed by atoms with Gasteiger partial charge in [-0.1, -0.05) is 152 Å². The molecule has 0 unspecified atom stereocenters. The molecule has 0 radical (unpaired) electrons. The van der Waals surface area contributed by atoms with Crippen LogP contribution in [0.3, 0.4) is 0 Å². The normalized spacial score (nSPS) is 9.59.